The van der Waals surface area contributed by atoms with Crippen molar-refractivity contribution in [2.45, 2.75) is 6.92 Å². The van der Waals surface area contributed by atoms with Gasteiger partial charge in [-0.25, -0.2) is 9.18 Å². The number of fused-ring (bicyclic) bond motifs is 1. The van der Waals surface area contributed by atoms with Crippen LogP contribution in [-0.2, 0) is 4.74 Å². The fraction of sp³-hybridized carbons (Fsp3) is 0.182. The summed E-state index contributed by atoms with van der Waals surface area (Å²) < 4.78 is 18.1. The summed E-state index contributed by atoms with van der Waals surface area (Å²) in [4.78, 5) is 14.3. The Balaban J connectivity index is 2.57. The first-order chi connectivity index (χ1) is 7.24. The SMILES string of the molecule is CCOC(=O)c1ccc(F)c2cc[nH]c12. The van der Waals surface area contributed by atoms with E-state index in [1.54, 1.807) is 19.2 Å². The van der Waals surface area contributed by atoms with Crippen LogP contribution in [0.1, 0.15) is 17.3 Å². The zero-order valence-corrected chi connectivity index (χ0v) is 8.21. The fourth-order valence-electron chi connectivity index (χ4n) is 1.50. The third kappa shape index (κ3) is 1.58. The molecule has 1 N–H and O–H groups in total. The first-order valence-corrected chi connectivity index (χ1v) is 4.66. The number of aromatic amines is 1. The van der Waals surface area contributed by atoms with Crippen molar-refractivity contribution in [2.75, 3.05) is 6.61 Å². The summed E-state index contributed by atoms with van der Waals surface area (Å²) in [6.45, 7) is 2.03. The highest BCUT2D eigenvalue weighted by Crippen LogP contribution is 2.21. The monoisotopic (exact) mass is 207 g/mol. The maximum atomic E-state index is 13.3. The second-order valence-corrected chi connectivity index (χ2v) is 3.08. The van der Waals surface area contributed by atoms with Crippen molar-refractivity contribution in [3.05, 3.63) is 35.8 Å². The van der Waals surface area contributed by atoms with Gasteiger partial charge in [0.25, 0.3) is 0 Å². The van der Waals surface area contributed by atoms with Crippen LogP contribution in [0.3, 0.4) is 0 Å². The number of benzene rings is 1. The van der Waals surface area contributed by atoms with E-state index in [1.807, 2.05) is 0 Å². The van der Waals surface area contributed by atoms with Crippen molar-refractivity contribution < 1.29 is 13.9 Å². The predicted octanol–water partition coefficient (Wildman–Crippen LogP) is 2.48. The average Bonchev–Trinajstić information content (AvgIpc) is 2.68. The number of esters is 1. The molecule has 78 valence electrons. The normalized spacial score (nSPS) is 10.5. The molecule has 0 saturated carbocycles. The number of ether oxygens (including phenoxy) is 1. The zero-order valence-electron chi connectivity index (χ0n) is 8.21. The number of rotatable bonds is 2. The van der Waals surface area contributed by atoms with Gasteiger partial charge in [-0.05, 0) is 25.1 Å². The molecule has 15 heavy (non-hydrogen) atoms. The number of aromatic nitrogens is 1. The highest BCUT2D eigenvalue weighted by atomic mass is 19.1. The van der Waals surface area contributed by atoms with Crippen LogP contribution in [0.25, 0.3) is 10.9 Å². The lowest BCUT2D eigenvalue weighted by atomic mass is 10.1. The number of nitrogens with one attached hydrogen (secondary N) is 1. The van der Waals surface area contributed by atoms with Crippen LogP contribution >= 0.6 is 0 Å². The number of carbonyl (C=O) groups is 1. The van der Waals surface area contributed by atoms with Gasteiger partial charge in [-0.1, -0.05) is 0 Å². The largest absolute Gasteiger partial charge is 0.462 e. The van der Waals surface area contributed by atoms with Crippen molar-refractivity contribution in [2.24, 2.45) is 0 Å². The van der Waals surface area contributed by atoms with E-state index in [0.717, 1.165) is 0 Å². The quantitative estimate of drug-likeness (QED) is 0.768. The lowest BCUT2D eigenvalue weighted by Crippen LogP contribution is -2.05. The van der Waals surface area contributed by atoms with Crippen LogP contribution in [0, 0.1) is 5.82 Å². The minimum atomic E-state index is -0.440. The van der Waals surface area contributed by atoms with Crippen LogP contribution in [0.5, 0.6) is 0 Å². The molecular weight excluding hydrogens is 197 g/mol. The van der Waals surface area contributed by atoms with Gasteiger partial charge < -0.3 is 9.72 Å². The Morgan fingerprint density at radius 3 is 3.00 bits per heavy atom. The van der Waals surface area contributed by atoms with E-state index in [4.69, 9.17) is 4.74 Å². The Bertz CT molecular complexity index is 504. The van der Waals surface area contributed by atoms with Gasteiger partial charge in [0.2, 0.25) is 0 Å². The molecule has 1 heterocycles. The minimum Gasteiger partial charge on any atom is -0.462 e. The van der Waals surface area contributed by atoms with Crippen molar-refractivity contribution in [3.8, 4) is 0 Å². The van der Waals surface area contributed by atoms with E-state index < -0.39 is 5.97 Å². The number of hydrogen-bond acceptors (Lipinski definition) is 2. The second-order valence-electron chi connectivity index (χ2n) is 3.08. The van der Waals surface area contributed by atoms with Crippen molar-refractivity contribution in [1.82, 2.24) is 4.98 Å². The number of carbonyl (C=O) groups excluding carboxylic acids is 1. The van der Waals surface area contributed by atoms with Gasteiger partial charge >= 0.3 is 5.97 Å². The summed E-state index contributed by atoms with van der Waals surface area (Å²) >= 11 is 0. The van der Waals surface area contributed by atoms with Gasteiger partial charge in [0.15, 0.2) is 0 Å². The van der Waals surface area contributed by atoms with Crippen LogP contribution in [0.2, 0.25) is 0 Å². The van der Waals surface area contributed by atoms with E-state index in [2.05, 4.69) is 4.98 Å². The lowest BCUT2D eigenvalue weighted by Gasteiger charge is -2.03. The van der Waals surface area contributed by atoms with Gasteiger partial charge in [0.1, 0.15) is 5.82 Å². The molecule has 0 radical (unpaired) electrons. The molecule has 0 amide bonds. The van der Waals surface area contributed by atoms with E-state index in [1.165, 1.54) is 12.1 Å². The maximum Gasteiger partial charge on any atom is 0.340 e. The van der Waals surface area contributed by atoms with Crippen LogP contribution in [-0.4, -0.2) is 17.6 Å². The molecule has 0 atom stereocenters. The average molecular weight is 207 g/mol. The van der Waals surface area contributed by atoms with Gasteiger partial charge in [-0.2, -0.15) is 0 Å². The highest BCUT2D eigenvalue weighted by molar-refractivity contribution is 6.03. The molecule has 0 fully saturated rings. The molecule has 2 aromatic rings. The molecule has 0 spiro atoms. The molecule has 0 aliphatic heterocycles. The molecule has 1 aromatic heterocycles. The lowest BCUT2D eigenvalue weighted by molar-refractivity contribution is 0.0528. The Labute approximate surface area is 85.9 Å². The first-order valence-electron chi connectivity index (χ1n) is 4.66. The second kappa shape index (κ2) is 3.73. The minimum absolute atomic E-state index is 0.304. The molecule has 0 unspecified atom stereocenters. The van der Waals surface area contributed by atoms with Crippen LogP contribution in [0.4, 0.5) is 4.39 Å². The van der Waals surface area contributed by atoms with Gasteiger partial charge in [0, 0.05) is 11.6 Å². The van der Waals surface area contributed by atoms with Crippen LogP contribution in [0.15, 0.2) is 24.4 Å². The fourth-order valence-corrected chi connectivity index (χ4v) is 1.50. The summed E-state index contributed by atoms with van der Waals surface area (Å²) in [6, 6.07) is 4.28. The zero-order chi connectivity index (χ0) is 10.8. The van der Waals surface area contributed by atoms with Gasteiger partial charge in [-0.3, -0.25) is 0 Å². The summed E-state index contributed by atoms with van der Waals surface area (Å²) in [5.41, 5.74) is 0.840. The maximum absolute atomic E-state index is 13.3. The Hall–Kier alpha value is -1.84. The highest BCUT2D eigenvalue weighted by Gasteiger charge is 2.13. The topological polar surface area (TPSA) is 42.1 Å². The molecule has 0 bridgehead atoms. The van der Waals surface area contributed by atoms with E-state index in [9.17, 15) is 9.18 Å². The third-order valence-electron chi connectivity index (χ3n) is 2.17. The molecule has 3 nitrogen and oxygen atoms in total. The van der Waals surface area contributed by atoms with Crippen molar-refractivity contribution >= 4 is 16.9 Å². The summed E-state index contributed by atoms with van der Waals surface area (Å²) in [7, 11) is 0. The van der Waals surface area contributed by atoms with E-state index >= 15 is 0 Å². The summed E-state index contributed by atoms with van der Waals surface area (Å²) in [5, 5.41) is 0.403. The number of hydrogen-bond donors (Lipinski definition) is 1. The van der Waals surface area contributed by atoms with Crippen molar-refractivity contribution in [3.63, 3.8) is 0 Å². The molecule has 1 aromatic carbocycles. The summed E-state index contributed by atoms with van der Waals surface area (Å²) in [5.74, 6) is -0.788. The van der Waals surface area contributed by atoms with Gasteiger partial charge in [-0.15, -0.1) is 0 Å². The predicted molar refractivity (Wildman–Crippen MR) is 54.2 cm³/mol. The summed E-state index contributed by atoms with van der Waals surface area (Å²) in [6.07, 6.45) is 1.59. The molecule has 4 heteroatoms. The third-order valence-corrected chi connectivity index (χ3v) is 2.17. The van der Waals surface area contributed by atoms with Gasteiger partial charge in [0.05, 0.1) is 17.7 Å². The standard InChI is InChI=1S/C11H10FNO2/c1-2-15-11(14)8-3-4-9(12)7-5-6-13-10(7)8/h3-6,13H,2H2,1H3. The Morgan fingerprint density at radius 2 is 2.27 bits per heavy atom. The smallest absolute Gasteiger partial charge is 0.340 e. The molecular formula is C11H10FNO2. The Kier molecular flexibility index (Phi) is 2.41. The number of H-pyrrole nitrogens is 1. The molecule has 0 aliphatic carbocycles. The molecule has 2 rings (SSSR count). The van der Waals surface area contributed by atoms with E-state index in [-0.39, 0.29) is 5.82 Å². The first kappa shape index (κ1) is 9.71. The van der Waals surface area contributed by atoms with Crippen LogP contribution < -0.4 is 0 Å². The number of halogens is 1. The molecule has 0 aliphatic rings. The molecule has 0 saturated heterocycles. The van der Waals surface area contributed by atoms with E-state index in [0.29, 0.717) is 23.1 Å². The van der Waals surface area contributed by atoms with Crippen molar-refractivity contribution in [1.29, 1.82) is 0 Å². The Morgan fingerprint density at radius 1 is 1.47 bits per heavy atom.